The van der Waals surface area contributed by atoms with Gasteiger partial charge >= 0.3 is 0 Å². The summed E-state index contributed by atoms with van der Waals surface area (Å²) in [5.74, 6) is 4.66. The van der Waals surface area contributed by atoms with Crippen molar-refractivity contribution in [1.29, 1.82) is 0 Å². The van der Waals surface area contributed by atoms with Crippen LogP contribution in [0, 0.1) is 29.6 Å². The average molecular weight is 272 g/mol. The second-order valence-corrected chi connectivity index (χ2v) is 7.64. The lowest BCUT2D eigenvalue weighted by molar-refractivity contribution is 0.221. The Morgan fingerprint density at radius 1 is 1.10 bits per heavy atom. The second-order valence-electron chi connectivity index (χ2n) is 7.64. The lowest BCUT2D eigenvalue weighted by atomic mass is 9.69. The molecule has 0 aliphatic heterocycles. The van der Waals surface area contributed by atoms with Crippen LogP contribution in [-0.4, -0.2) is 0 Å². The first kappa shape index (κ1) is 14.4. The second kappa shape index (κ2) is 6.50. The van der Waals surface area contributed by atoms with E-state index in [1.807, 2.05) is 5.57 Å². The lowest BCUT2D eigenvalue weighted by Gasteiger charge is -2.35. The molecule has 0 radical (unpaired) electrons. The van der Waals surface area contributed by atoms with Gasteiger partial charge < -0.3 is 0 Å². The zero-order chi connectivity index (χ0) is 13.9. The molecule has 0 saturated heterocycles. The maximum absolute atomic E-state index is 2.57. The minimum atomic E-state index is 0.873. The Morgan fingerprint density at radius 2 is 1.90 bits per heavy atom. The molecule has 112 valence electrons. The molecule has 0 aromatic heterocycles. The Kier molecular flexibility index (Phi) is 4.68. The van der Waals surface area contributed by atoms with Crippen LogP contribution in [0.1, 0.15) is 71.6 Å². The average Bonchev–Trinajstić information content (AvgIpc) is 3.17. The van der Waals surface area contributed by atoms with Gasteiger partial charge in [-0.25, -0.2) is 0 Å². The van der Waals surface area contributed by atoms with E-state index in [0.29, 0.717) is 0 Å². The van der Waals surface area contributed by atoms with Crippen molar-refractivity contribution in [2.24, 2.45) is 29.6 Å². The van der Waals surface area contributed by atoms with Crippen molar-refractivity contribution in [3.8, 4) is 0 Å². The summed E-state index contributed by atoms with van der Waals surface area (Å²) in [5, 5.41) is 0. The highest BCUT2D eigenvalue weighted by Crippen LogP contribution is 2.47. The Balaban J connectivity index is 1.55. The predicted octanol–water partition coefficient (Wildman–Crippen LogP) is 6.14. The van der Waals surface area contributed by atoms with Gasteiger partial charge in [0.25, 0.3) is 0 Å². The van der Waals surface area contributed by atoms with Crippen LogP contribution in [0.25, 0.3) is 0 Å². The largest absolute Gasteiger partial charge is 0.0853 e. The van der Waals surface area contributed by atoms with E-state index in [0.717, 1.165) is 29.6 Å². The molecule has 20 heavy (non-hydrogen) atoms. The molecule has 0 amide bonds. The van der Waals surface area contributed by atoms with Gasteiger partial charge in [-0.05, 0) is 61.7 Å². The van der Waals surface area contributed by atoms with Crippen molar-refractivity contribution in [3.63, 3.8) is 0 Å². The van der Waals surface area contributed by atoms with Crippen LogP contribution in [0.15, 0.2) is 23.8 Å². The fourth-order valence-corrected chi connectivity index (χ4v) is 4.52. The topological polar surface area (TPSA) is 0 Å². The minimum absolute atomic E-state index is 0.873. The highest BCUT2D eigenvalue weighted by Gasteiger charge is 2.37. The maximum Gasteiger partial charge on any atom is -0.0137 e. The Hall–Kier alpha value is -0.520. The maximum atomic E-state index is 2.57. The summed E-state index contributed by atoms with van der Waals surface area (Å²) in [6.45, 7) is 4.78. The van der Waals surface area contributed by atoms with E-state index in [1.54, 1.807) is 0 Å². The molecule has 2 fully saturated rings. The van der Waals surface area contributed by atoms with Crippen molar-refractivity contribution in [2.75, 3.05) is 0 Å². The van der Waals surface area contributed by atoms with E-state index in [-0.39, 0.29) is 0 Å². The highest BCUT2D eigenvalue weighted by atomic mass is 14.4. The smallest absolute Gasteiger partial charge is 0.0137 e. The predicted molar refractivity (Wildman–Crippen MR) is 87.6 cm³/mol. The van der Waals surface area contributed by atoms with Crippen molar-refractivity contribution in [1.82, 2.24) is 0 Å². The molecule has 4 unspecified atom stereocenters. The molecule has 4 atom stereocenters. The number of allylic oxidation sites excluding steroid dienone is 4. The van der Waals surface area contributed by atoms with E-state index in [9.17, 15) is 0 Å². The van der Waals surface area contributed by atoms with Gasteiger partial charge in [-0.15, -0.1) is 0 Å². The van der Waals surface area contributed by atoms with E-state index in [1.165, 1.54) is 57.8 Å². The van der Waals surface area contributed by atoms with Gasteiger partial charge in [0.2, 0.25) is 0 Å². The van der Waals surface area contributed by atoms with Crippen LogP contribution in [-0.2, 0) is 0 Å². The summed E-state index contributed by atoms with van der Waals surface area (Å²) in [4.78, 5) is 0. The first-order valence-electron chi connectivity index (χ1n) is 9.15. The standard InChI is InChI=1S/C20H32/c1-3-6-17(8-5-4-7-16-9-10-16)20-13-15(2)18-11-12-19(20)14-18/h6,11-12,15-16,18-20H,3-5,7-10,13-14H2,1-2H3/b17-6+. The van der Waals surface area contributed by atoms with Crippen LogP contribution in [0.3, 0.4) is 0 Å². The third-order valence-corrected chi connectivity index (χ3v) is 5.99. The molecule has 0 heterocycles. The molecular formula is C20H32. The minimum Gasteiger partial charge on any atom is -0.0853 e. The summed E-state index contributed by atoms with van der Waals surface area (Å²) < 4.78 is 0. The van der Waals surface area contributed by atoms with Gasteiger partial charge in [0.1, 0.15) is 0 Å². The summed E-state index contributed by atoms with van der Waals surface area (Å²) in [5.41, 5.74) is 1.81. The summed E-state index contributed by atoms with van der Waals surface area (Å²) in [7, 11) is 0. The third kappa shape index (κ3) is 3.38. The molecule has 2 saturated carbocycles. The molecule has 0 aromatic rings. The van der Waals surface area contributed by atoms with Gasteiger partial charge in [-0.2, -0.15) is 0 Å². The van der Waals surface area contributed by atoms with E-state index in [2.05, 4.69) is 32.1 Å². The fourth-order valence-electron chi connectivity index (χ4n) is 4.52. The molecular weight excluding hydrogens is 240 g/mol. The molecule has 0 N–H and O–H groups in total. The first-order valence-corrected chi connectivity index (χ1v) is 9.15. The Morgan fingerprint density at radius 3 is 2.65 bits per heavy atom. The normalized spacial score (nSPS) is 36.6. The number of rotatable bonds is 7. The molecule has 0 nitrogen and oxygen atoms in total. The molecule has 3 aliphatic carbocycles. The zero-order valence-corrected chi connectivity index (χ0v) is 13.5. The van der Waals surface area contributed by atoms with Gasteiger partial charge in [0.05, 0.1) is 0 Å². The summed E-state index contributed by atoms with van der Waals surface area (Å²) in [6, 6.07) is 0. The van der Waals surface area contributed by atoms with Crippen LogP contribution in [0.2, 0.25) is 0 Å². The quantitative estimate of drug-likeness (QED) is 0.385. The number of unbranched alkanes of at least 4 members (excludes halogenated alkanes) is 1. The van der Waals surface area contributed by atoms with E-state index in [4.69, 9.17) is 0 Å². The number of hydrogen-bond acceptors (Lipinski definition) is 0. The number of hydrogen-bond donors (Lipinski definition) is 0. The molecule has 3 rings (SSSR count). The van der Waals surface area contributed by atoms with Gasteiger partial charge in [-0.3, -0.25) is 0 Å². The Labute approximate surface area is 125 Å². The van der Waals surface area contributed by atoms with Crippen molar-refractivity contribution in [2.45, 2.75) is 71.6 Å². The van der Waals surface area contributed by atoms with Crippen LogP contribution in [0.5, 0.6) is 0 Å². The van der Waals surface area contributed by atoms with Gasteiger partial charge in [0, 0.05) is 0 Å². The molecule has 3 aliphatic rings. The van der Waals surface area contributed by atoms with Crippen LogP contribution >= 0.6 is 0 Å². The Bertz CT molecular complexity index is 371. The van der Waals surface area contributed by atoms with E-state index >= 15 is 0 Å². The third-order valence-electron chi connectivity index (χ3n) is 5.99. The monoisotopic (exact) mass is 272 g/mol. The summed E-state index contributed by atoms with van der Waals surface area (Å²) >= 11 is 0. The van der Waals surface area contributed by atoms with Gasteiger partial charge in [-0.1, -0.05) is 63.3 Å². The molecule has 0 spiro atoms. The van der Waals surface area contributed by atoms with E-state index < -0.39 is 0 Å². The molecule has 0 heteroatoms. The summed E-state index contributed by atoms with van der Waals surface area (Å²) in [6.07, 6.45) is 20.6. The van der Waals surface area contributed by atoms with Crippen LogP contribution < -0.4 is 0 Å². The van der Waals surface area contributed by atoms with Crippen molar-refractivity contribution >= 4 is 0 Å². The fraction of sp³-hybridized carbons (Fsp3) is 0.800. The molecule has 0 aromatic carbocycles. The van der Waals surface area contributed by atoms with Crippen LogP contribution in [0.4, 0.5) is 0 Å². The van der Waals surface area contributed by atoms with Gasteiger partial charge in [0.15, 0.2) is 0 Å². The number of fused-ring (bicyclic) bond motifs is 2. The van der Waals surface area contributed by atoms with Crippen molar-refractivity contribution in [3.05, 3.63) is 23.8 Å². The molecule has 2 bridgehead atoms. The highest BCUT2D eigenvalue weighted by molar-refractivity contribution is 5.18. The lowest BCUT2D eigenvalue weighted by Crippen LogP contribution is -2.26. The first-order chi connectivity index (χ1) is 9.78. The zero-order valence-electron chi connectivity index (χ0n) is 13.5. The SMILES string of the molecule is CC/C=C(\CCCCC1CC1)C1CC(C)C2C=CC1C2. The van der Waals surface area contributed by atoms with Crippen molar-refractivity contribution < 1.29 is 0 Å².